The van der Waals surface area contributed by atoms with Gasteiger partial charge in [0.25, 0.3) is 6.43 Å². The molecule has 0 saturated carbocycles. The van der Waals surface area contributed by atoms with Gasteiger partial charge in [-0.05, 0) is 22.0 Å². The fourth-order valence-corrected chi connectivity index (χ4v) is 1.46. The van der Waals surface area contributed by atoms with Crippen molar-refractivity contribution >= 4 is 15.9 Å². The number of aromatic nitrogens is 1. The Morgan fingerprint density at radius 2 is 1.86 bits per heavy atom. The Morgan fingerprint density at radius 1 is 1.29 bits per heavy atom. The van der Waals surface area contributed by atoms with E-state index in [2.05, 4.69) is 20.9 Å². The van der Waals surface area contributed by atoms with E-state index in [1.165, 1.54) is 0 Å². The van der Waals surface area contributed by atoms with E-state index in [1.54, 1.807) is 0 Å². The van der Waals surface area contributed by atoms with Crippen molar-refractivity contribution < 1.29 is 22.0 Å². The van der Waals surface area contributed by atoms with Crippen LogP contribution in [0.5, 0.6) is 0 Å². The average Bonchev–Trinajstić information content (AvgIpc) is 2.01. The maximum absolute atomic E-state index is 12.2. The molecule has 7 heteroatoms. The molecular weight excluding hydrogens is 273 g/mol. The van der Waals surface area contributed by atoms with Gasteiger partial charge in [0.1, 0.15) is 0 Å². The number of rotatable bonds is 1. The molecule has 0 saturated heterocycles. The molecule has 1 nitrogen and oxygen atoms in total. The van der Waals surface area contributed by atoms with Gasteiger partial charge in [-0.1, -0.05) is 0 Å². The van der Waals surface area contributed by atoms with E-state index in [0.29, 0.717) is 6.20 Å². The first-order chi connectivity index (χ1) is 6.34. The van der Waals surface area contributed by atoms with E-state index in [9.17, 15) is 22.0 Å². The predicted molar refractivity (Wildman–Crippen MR) is 41.9 cm³/mol. The number of alkyl halides is 5. The highest BCUT2D eigenvalue weighted by atomic mass is 79.9. The Balaban J connectivity index is 3.28. The summed E-state index contributed by atoms with van der Waals surface area (Å²) in [6, 6.07) is 0.837. The maximum Gasteiger partial charge on any atom is 0.434 e. The summed E-state index contributed by atoms with van der Waals surface area (Å²) in [4.78, 5) is 2.99. The molecule has 0 aliphatic carbocycles. The molecule has 0 aromatic carbocycles. The van der Waals surface area contributed by atoms with Crippen LogP contribution in [0.4, 0.5) is 22.0 Å². The second kappa shape index (κ2) is 3.80. The van der Waals surface area contributed by atoms with Crippen molar-refractivity contribution in [1.82, 2.24) is 4.98 Å². The van der Waals surface area contributed by atoms with Crippen molar-refractivity contribution in [2.45, 2.75) is 12.6 Å². The Morgan fingerprint density at radius 3 is 2.29 bits per heavy atom. The molecule has 1 aromatic heterocycles. The molecule has 0 fully saturated rings. The molecule has 1 aromatic rings. The zero-order valence-corrected chi connectivity index (χ0v) is 8.03. The topological polar surface area (TPSA) is 12.9 Å². The van der Waals surface area contributed by atoms with Gasteiger partial charge in [-0.25, -0.2) is 8.78 Å². The minimum Gasteiger partial charge on any atom is -0.251 e. The van der Waals surface area contributed by atoms with E-state index in [-0.39, 0.29) is 0 Å². The lowest BCUT2D eigenvalue weighted by atomic mass is 10.2. The molecule has 0 amide bonds. The van der Waals surface area contributed by atoms with Crippen LogP contribution in [-0.2, 0) is 6.18 Å². The molecule has 1 heterocycles. The Labute approximate surface area is 84.1 Å². The molecule has 0 unspecified atom stereocenters. The second-order valence-corrected chi connectivity index (χ2v) is 3.15. The minimum atomic E-state index is -4.73. The SMILES string of the molecule is FC(F)c1ccnc(C(F)(F)F)c1Br. The quantitative estimate of drug-likeness (QED) is 0.711. The standard InChI is InChI=1S/C7H3BrF5N/c8-4-3(6(9)10)1-2-14-5(4)7(11,12)13/h1-2,6H. The summed E-state index contributed by atoms with van der Waals surface area (Å²) in [5.74, 6) is 0. The van der Waals surface area contributed by atoms with Crippen LogP contribution in [0.15, 0.2) is 16.7 Å². The summed E-state index contributed by atoms with van der Waals surface area (Å²) in [6.07, 6.45) is -6.99. The first kappa shape index (κ1) is 11.4. The van der Waals surface area contributed by atoms with Gasteiger partial charge in [0, 0.05) is 11.8 Å². The highest BCUT2D eigenvalue weighted by Crippen LogP contribution is 2.37. The van der Waals surface area contributed by atoms with E-state index < -0.39 is 28.3 Å². The fraction of sp³-hybridized carbons (Fsp3) is 0.286. The van der Waals surface area contributed by atoms with Crippen molar-refractivity contribution in [3.8, 4) is 0 Å². The van der Waals surface area contributed by atoms with Gasteiger partial charge in [-0.2, -0.15) is 13.2 Å². The van der Waals surface area contributed by atoms with Crippen LogP contribution in [-0.4, -0.2) is 4.98 Å². The van der Waals surface area contributed by atoms with E-state index in [0.717, 1.165) is 6.07 Å². The van der Waals surface area contributed by atoms with Gasteiger partial charge in [0.2, 0.25) is 0 Å². The van der Waals surface area contributed by atoms with Crippen molar-refractivity contribution in [1.29, 1.82) is 0 Å². The third kappa shape index (κ3) is 2.20. The largest absolute Gasteiger partial charge is 0.434 e. The minimum absolute atomic E-state index is 0.703. The maximum atomic E-state index is 12.2. The number of nitrogens with zero attached hydrogens (tertiary/aromatic N) is 1. The molecule has 78 valence electrons. The summed E-state index contributed by atoms with van der Waals surface area (Å²) in [7, 11) is 0. The van der Waals surface area contributed by atoms with Gasteiger partial charge in [-0.15, -0.1) is 0 Å². The van der Waals surface area contributed by atoms with E-state index >= 15 is 0 Å². The molecule has 0 atom stereocenters. The van der Waals surface area contributed by atoms with Gasteiger partial charge in [0.05, 0.1) is 4.47 Å². The molecule has 0 aliphatic heterocycles. The lowest BCUT2D eigenvalue weighted by molar-refractivity contribution is -0.141. The molecule has 0 N–H and O–H groups in total. The number of hydrogen-bond acceptors (Lipinski definition) is 1. The monoisotopic (exact) mass is 275 g/mol. The summed E-state index contributed by atoms with van der Waals surface area (Å²) >= 11 is 2.46. The molecule has 0 spiro atoms. The number of pyridine rings is 1. The fourth-order valence-electron chi connectivity index (χ4n) is 0.825. The van der Waals surface area contributed by atoms with Crippen LogP contribution in [0.2, 0.25) is 0 Å². The smallest absolute Gasteiger partial charge is 0.251 e. The Hall–Kier alpha value is -0.720. The van der Waals surface area contributed by atoms with Crippen molar-refractivity contribution in [2.75, 3.05) is 0 Å². The first-order valence-electron chi connectivity index (χ1n) is 3.33. The first-order valence-corrected chi connectivity index (χ1v) is 4.13. The Kier molecular flexibility index (Phi) is 3.08. The second-order valence-electron chi connectivity index (χ2n) is 2.36. The number of halogens is 6. The average molecular weight is 276 g/mol. The van der Waals surface area contributed by atoms with E-state index in [1.807, 2.05) is 0 Å². The van der Waals surface area contributed by atoms with Crippen LogP contribution in [0.25, 0.3) is 0 Å². The molecule has 1 rings (SSSR count). The lowest BCUT2D eigenvalue weighted by Gasteiger charge is -2.10. The summed E-state index contributed by atoms with van der Waals surface area (Å²) in [5, 5.41) is 0. The van der Waals surface area contributed by atoms with Crippen molar-refractivity contribution in [2.24, 2.45) is 0 Å². The zero-order chi connectivity index (χ0) is 10.9. The van der Waals surface area contributed by atoms with Gasteiger partial charge in [0.15, 0.2) is 5.69 Å². The van der Waals surface area contributed by atoms with Crippen LogP contribution in [0.1, 0.15) is 17.7 Å². The normalized spacial score (nSPS) is 12.2. The third-order valence-corrected chi connectivity index (χ3v) is 2.26. The molecule has 0 bridgehead atoms. The summed E-state index contributed by atoms with van der Waals surface area (Å²) < 4.78 is 60.1. The molecular formula is C7H3BrF5N. The number of hydrogen-bond donors (Lipinski definition) is 0. The summed E-state index contributed by atoms with van der Waals surface area (Å²) in [5.41, 5.74) is -2.05. The summed E-state index contributed by atoms with van der Waals surface area (Å²) in [6.45, 7) is 0. The Bertz CT molecular complexity index is 335. The third-order valence-electron chi connectivity index (χ3n) is 1.42. The lowest BCUT2D eigenvalue weighted by Crippen LogP contribution is -2.10. The van der Waals surface area contributed by atoms with Crippen LogP contribution < -0.4 is 0 Å². The van der Waals surface area contributed by atoms with Gasteiger partial charge < -0.3 is 0 Å². The van der Waals surface area contributed by atoms with E-state index in [4.69, 9.17) is 0 Å². The van der Waals surface area contributed by atoms with Crippen LogP contribution in [0.3, 0.4) is 0 Å². The van der Waals surface area contributed by atoms with Gasteiger partial charge in [-0.3, -0.25) is 4.98 Å². The van der Waals surface area contributed by atoms with Crippen molar-refractivity contribution in [3.63, 3.8) is 0 Å². The van der Waals surface area contributed by atoms with Crippen LogP contribution >= 0.6 is 15.9 Å². The predicted octanol–water partition coefficient (Wildman–Crippen LogP) is 3.80. The molecule has 0 radical (unpaired) electrons. The molecule has 14 heavy (non-hydrogen) atoms. The van der Waals surface area contributed by atoms with Gasteiger partial charge >= 0.3 is 6.18 Å². The zero-order valence-electron chi connectivity index (χ0n) is 6.45. The highest BCUT2D eigenvalue weighted by molar-refractivity contribution is 9.10. The molecule has 0 aliphatic rings. The highest BCUT2D eigenvalue weighted by Gasteiger charge is 2.36. The van der Waals surface area contributed by atoms with Crippen molar-refractivity contribution in [3.05, 3.63) is 28.0 Å². The van der Waals surface area contributed by atoms with Crippen LogP contribution in [0, 0.1) is 0 Å².